The minimum Gasteiger partial charge on any atom is -0.481 e. The maximum Gasteiger partial charge on any atom is 0.315 e. The highest BCUT2D eigenvalue weighted by Gasteiger charge is 2.86. The zero-order chi connectivity index (χ0) is 23.9. The van der Waals surface area contributed by atoms with E-state index in [0.29, 0.717) is 44.1 Å². The minimum absolute atomic E-state index is 0.0827. The van der Waals surface area contributed by atoms with Gasteiger partial charge in [-0.2, -0.15) is 0 Å². The number of hydrogen-bond donors (Lipinski definition) is 2. The number of carbonyl (C=O) groups is 1. The molecule has 0 aromatic rings. The smallest absolute Gasteiger partial charge is 0.315 e. The second kappa shape index (κ2) is 8.01. The van der Waals surface area contributed by atoms with Crippen LogP contribution in [0.15, 0.2) is 11.6 Å². The molecule has 0 unspecified atom stereocenters. The first-order valence-corrected chi connectivity index (χ1v) is 13.4. The van der Waals surface area contributed by atoms with Crippen molar-refractivity contribution in [2.75, 3.05) is 32.9 Å². The number of aliphatic carboxylic acids is 1. The van der Waals surface area contributed by atoms with E-state index in [0.717, 1.165) is 37.8 Å². The predicted octanol–water partition coefficient (Wildman–Crippen LogP) is 3.44. The fraction of sp³-hybridized carbons (Fsp3) is 0.889. The van der Waals surface area contributed by atoms with E-state index in [1.807, 2.05) is 6.92 Å². The molecule has 0 aromatic carbocycles. The second-order valence-electron chi connectivity index (χ2n) is 12.3. The summed E-state index contributed by atoms with van der Waals surface area (Å²) in [5.74, 6) is 0.936. The van der Waals surface area contributed by atoms with Crippen molar-refractivity contribution in [1.82, 2.24) is 5.32 Å². The summed E-state index contributed by atoms with van der Waals surface area (Å²) < 4.78 is 25.2. The van der Waals surface area contributed by atoms with Crippen LogP contribution in [0.5, 0.6) is 0 Å². The number of carboxylic acid groups (broad SMARTS) is 1. The summed E-state index contributed by atoms with van der Waals surface area (Å²) in [7, 11) is 0. The van der Waals surface area contributed by atoms with Crippen molar-refractivity contribution >= 4 is 5.97 Å². The lowest BCUT2D eigenvalue weighted by Gasteiger charge is -2.61. The van der Waals surface area contributed by atoms with Crippen molar-refractivity contribution in [2.24, 2.45) is 45.8 Å². The summed E-state index contributed by atoms with van der Waals surface area (Å²) in [6.07, 6.45) is 5.52. The third-order valence-electron chi connectivity index (χ3n) is 10.6. The number of rotatable bonds is 6. The Morgan fingerprint density at radius 2 is 1.97 bits per heavy atom. The molecule has 5 fully saturated rings. The van der Waals surface area contributed by atoms with Crippen LogP contribution in [0.25, 0.3) is 0 Å². The lowest BCUT2D eigenvalue weighted by molar-refractivity contribution is -0.257. The Labute approximate surface area is 202 Å². The van der Waals surface area contributed by atoms with E-state index in [1.165, 1.54) is 0 Å². The summed E-state index contributed by atoms with van der Waals surface area (Å²) in [5, 5.41) is 14.7. The van der Waals surface area contributed by atoms with Crippen LogP contribution in [0.4, 0.5) is 0 Å². The molecule has 7 nitrogen and oxygen atoms in total. The van der Waals surface area contributed by atoms with Crippen LogP contribution in [0.2, 0.25) is 0 Å². The van der Waals surface area contributed by atoms with E-state index >= 15 is 0 Å². The van der Waals surface area contributed by atoms with E-state index in [1.54, 1.807) is 0 Å². The van der Waals surface area contributed by atoms with Gasteiger partial charge < -0.3 is 29.4 Å². The number of hydrogen-bond acceptors (Lipinski definition) is 6. The van der Waals surface area contributed by atoms with Gasteiger partial charge in [-0.05, 0) is 55.8 Å². The van der Waals surface area contributed by atoms with Crippen LogP contribution >= 0.6 is 0 Å². The van der Waals surface area contributed by atoms with Crippen molar-refractivity contribution in [2.45, 2.75) is 72.1 Å². The molecule has 2 aliphatic heterocycles. The van der Waals surface area contributed by atoms with Crippen LogP contribution in [0.3, 0.4) is 0 Å². The monoisotopic (exact) mass is 475 g/mol. The number of morpholine rings is 1. The van der Waals surface area contributed by atoms with Crippen LogP contribution in [0.1, 0.15) is 53.4 Å². The van der Waals surface area contributed by atoms with E-state index in [9.17, 15) is 9.90 Å². The lowest BCUT2D eigenvalue weighted by atomic mass is 9.42. The molecule has 6 aliphatic rings. The van der Waals surface area contributed by atoms with Gasteiger partial charge in [-0.25, -0.2) is 0 Å². The molecule has 190 valence electrons. The van der Waals surface area contributed by atoms with Gasteiger partial charge in [-0.3, -0.25) is 4.79 Å². The molecule has 7 heteroatoms. The number of ether oxygens (including phenoxy) is 4. The van der Waals surface area contributed by atoms with Gasteiger partial charge in [0.2, 0.25) is 0 Å². The Bertz CT molecular complexity index is 869. The maximum atomic E-state index is 13.8. The first kappa shape index (κ1) is 23.4. The van der Waals surface area contributed by atoms with E-state index in [-0.39, 0.29) is 24.2 Å². The zero-order valence-electron chi connectivity index (χ0n) is 21.0. The topological polar surface area (TPSA) is 86.3 Å². The molecular weight excluding hydrogens is 434 g/mol. The molecular formula is C27H41NO6. The molecule has 3 saturated carbocycles. The largest absolute Gasteiger partial charge is 0.481 e. The summed E-state index contributed by atoms with van der Waals surface area (Å²) >= 11 is 0. The molecule has 9 atom stereocenters. The normalized spacial score (nSPS) is 50.1. The molecule has 0 radical (unpaired) electrons. The van der Waals surface area contributed by atoms with Crippen LogP contribution in [-0.4, -0.2) is 62.7 Å². The van der Waals surface area contributed by atoms with Gasteiger partial charge in [0, 0.05) is 23.9 Å². The quantitative estimate of drug-likeness (QED) is 0.569. The number of carboxylic acids is 1. The first-order valence-electron chi connectivity index (χ1n) is 13.4. The van der Waals surface area contributed by atoms with Gasteiger partial charge in [-0.15, -0.1) is 0 Å². The Balaban J connectivity index is 1.49. The van der Waals surface area contributed by atoms with Crippen LogP contribution in [-0.2, 0) is 23.7 Å². The van der Waals surface area contributed by atoms with E-state index in [4.69, 9.17) is 18.9 Å². The average Bonchev–Trinajstić information content (AvgIpc) is 3.55. The van der Waals surface area contributed by atoms with Crippen molar-refractivity contribution < 1.29 is 28.8 Å². The molecule has 2 N–H and O–H groups in total. The fourth-order valence-corrected chi connectivity index (χ4v) is 9.61. The average molecular weight is 476 g/mol. The van der Waals surface area contributed by atoms with E-state index in [2.05, 4.69) is 32.2 Å². The number of allylic oxidation sites excluding steroid dienone is 1. The van der Waals surface area contributed by atoms with E-state index < -0.39 is 28.5 Å². The van der Waals surface area contributed by atoms with Crippen LogP contribution < -0.4 is 5.32 Å². The van der Waals surface area contributed by atoms with Gasteiger partial charge in [0.25, 0.3) is 0 Å². The third kappa shape index (κ3) is 2.74. The Kier molecular flexibility index (Phi) is 5.51. The summed E-state index contributed by atoms with van der Waals surface area (Å²) in [5.41, 5.74) is -1.01. The molecule has 34 heavy (non-hydrogen) atoms. The summed E-state index contributed by atoms with van der Waals surface area (Å²) in [4.78, 5) is 13.8. The highest BCUT2D eigenvalue weighted by molar-refractivity contribution is 5.85. The predicted molar refractivity (Wildman–Crippen MR) is 125 cm³/mol. The number of fused-ring (bicyclic) bond motifs is 2. The highest BCUT2D eigenvalue weighted by Crippen LogP contribution is 2.84. The van der Waals surface area contributed by atoms with Gasteiger partial charge in [0.05, 0.1) is 25.9 Å². The minimum atomic E-state index is -1.03. The third-order valence-corrected chi connectivity index (χ3v) is 10.6. The van der Waals surface area contributed by atoms with Gasteiger partial charge in [0.1, 0.15) is 5.41 Å². The Hall–Kier alpha value is -0.990. The molecule has 0 spiro atoms. The molecule has 0 aromatic heterocycles. The standard InChI is InChI=1S/C27H41NO6/c1-15(2)21-9-18-10-26(24-31-7-8-32-24)20-6-5-16(3)19(20)11-25(18,27(21,26)23(29)30)14-33-22-13-28-12-17(4)34-22/h9,15-20,22,24,28H,5-8,10-14H2,1-4H3,(H,29,30)/t16-,17-,18+,19-,20-,22-,25+,26-,27-/m1/s1. The zero-order valence-corrected chi connectivity index (χ0v) is 21.0. The molecule has 2 saturated heterocycles. The Morgan fingerprint density at radius 1 is 1.21 bits per heavy atom. The van der Waals surface area contributed by atoms with Gasteiger partial charge >= 0.3 is 5.97 Å². The highest BCUT2D eigenvalue weighted by atomic mass is 16.7. The van der Waals surface area contributed by atoms with Crippen LogP contribution in [0, 0.1) is 45.8 Å². The number of nitrogens with one attached hydrogen (secondary N) is 1. The maximum absolute atomic E-state index is 13.8. The summed E-state index contributed by atoms with van der Waals surface area (Å²) in [6, 6.07) is 0. The fourth-order valence-electron chi connectivity index (χ4n) is 9.61. The van der Waals surface area contributed by atoms with Crippen molar-refractivity contribution in [3.05, 3.63) is 11.6 Å². The summed E-state index contributed by atoms with van der Waals surface area (Å²) in [6.45, 7) is 11.6. The lowest BCUT2D eigenvalue weighted by Crippen LogP contribution is -2.66. The molecule has 6 rings (SSSR count). The van der Waals surface area contributed by atoms with Crippen molar-refractivity contribution in [3.63, 3.8) is 0 Å². The Morgan fingerprint density at radius 3 is 2.65 bits per heavy atom. The van der Waals surface area contributed by atoms with Gasteiger partial charge in [-0.1, -0.05) is 38.8 Å². The molecule has 4 aliphatic carbocycles. The van der Waals surface area contributed by atoms with Gasteiger partial charge in [0.15, 0.2) is 12.6 Å². The first-order chi connectivity index (χ1) is 16.3. The molecule has 4 bridgehead atoms. The molecule has 2 heterocycles. The second-order valence-corrected chi connectivity index (χ2v) is 12.3. The SMILES string of the molecule is CC(C)C1=C[C@H]2C[C@]3(C4OCCO4)[C@@H]4CC[C@@H](C)[C@H]4C[C@@]2(CO[C@H]2CNC[C@@H](C)O2)[C@]13C(=O)O. The van der Waals surface area contributed by atoms with Crippen molar-refractivity contribution in [1.29, 1.82) is 0 Å². The molecule has 0 amide bonds. The van der Waals surface area contributed by atoms with Crippen molar-refractivity contribution in [3.8, 4) is 0 Å².